The molecule has 0 radical (unpaired) electrons. The monoisotopic (exact) mass is 313 g/mol. The Kier molecular flexibility index (Phi) is 4.27. The highest BCUT2D eigenvalue weighted by molar-refractivity contribution is 9.10. The highest BCUT2D eigenvalue weighted by Gasteiger charge is 1.98. The van der Waals surface area contributed by atoms with E-state index in [2.05, 4.69) is 33.0 Å². The third-order valence-corrected chi connectivity index (χ3v) is 3.83. The summed E-state index contributed by atoms with van der Waals surface area (Å²) in [6, 6.07) is 12.2. The molecule has 1 nitrogen and oxygen atoms in total. The molecule has 1 aromatic heterocycles. The van der Waals surface area contributed by atoms with Gasteiger partial charge >= 0.3 is 0 Å². The Bertz CT molecular complexity index is 473. The molecular weight excluding hydrogens is 306 g/mol. The van der Waals surface area contributed by atoms with E-state index in [0.29, 0.717) is 5.15 Å². The Morgan fingerprint density at radius 1 is 1.19 bits per heavy atom. The van der Waals surface area contributed by atoms with E-state index in [0.717, 1.165) is 10.2 Å². The first-order valence-electron chi connectivity index (χ1n) is 4.73. The van der Waals surface area contributed by atoms with Crippen molar-refractivity contribution in [2.45, 2.75) is 10.6 Å². The summed E-state index contributed by atoms with van der Waals surface area (Å²) >= 11 is 11.0. The van der Waals surface area contributed by atoms with Gasteiger partial charge in [-0.05, 0) is 42.0 Å². The second kappa shape index (κ2) is 5.71. The van der Waals surface area contributed by atoms with Gasteiger partial charge in [0, 0.05) is 21.3 Å². The maximum absolute atomic E-state index is 5.82. The van der Waals surface area contributed by atoms with E-state index in [-0.39, 0.29) is 0 Å². The van der Waals surface area contributed by atoms with Crippen molar-refractivity contribution in [3.63, 3.8) is 0 Å². The van der Waals surface area contributed by atoms with Gasteiger partial charge in [-0.3, -0.25) is 0 Å². The number of benzene rings is 1. The third-order valence-electron chi connectivity index (χ3n) is 2.01. The lowest BCUT2D eigenvalue weighted by atomic mass is 10.3. The standard InChI is InChI=1S/C12H9BrClNS/c13-10-1-3-11(4-2-10)16-8-9-5-6-15-12(14)7-9/h1-7H,8H2. The molecule has 0 unspecified atom stereocenters. The van der Waals surface area contributed by atoms with Crippen molar-refractivity contribution < 1.29 is 0 Å². The predicted octanol–water partition coefficient (Wildman–Crippen LogP) is 4.79. The van der Waals surface area contributed by atoms with Gasteiger partial charge in [0.1, 0.15) is 5.15 Å². The smallest absolute Gasteiger partial charge is 0.129 e. The number of hydrogen-bond donors (Lipinski definition) is 0. The molecule has 1 aromatic carbocycles. The molecule has 1 heterocycles. The minimum atomic E-state index is 0.550. The van der Waals surface area contributed by atoms with Crippen molar-refractivity contribution in [2.75, 3.05) is 0 Å². The summed E-state index contributed by atoms with van der Waals surface area (Å²) in [5, 5.41) is 0.550. The van der Waals surface area contributed by atoms with Gasteiger partial charge in [-0.15, -0.1) is 11.8 Å². The van der Waals surface area contributed by atoms with E-state index in [1.165, 1.54) is 10.5 Å². The van der Waals surface area contributed by atoms with Crippen molar-refractivity contribution in [1.82, 2.24) is 4.98 Å². The first-order chi connectivity index (χ1) is 7.74. The van der Waals surface area contributed by atoms with Gasteiger partial charge in [0.05, 0.1) is 0 Å². The van der Waals surface area contributed by atoms with Crippen LogP contribution in [0.4, 0.5) is 0 Å². The van der Waals surface area contributed by atoms with Crippen LogP contribution < -0.4 is 0 Å². The maximum atomic E-state index is 5.82. The normalized spacial score (nSPS) is 10.4. The Morgan fingerprint density at radius 2 is 1.94 bits per heavy atom. The molecule has 0 amide bonds. The predicted molar refractivity (Wildman–Crippen MR) is 73.0 cm³/mol. The summed E-state index contributed by atoms with van der Waals surface area (Å²) in [5.74, 6) is 0.907. The number of nitrogens with zero attached hydrogens (tertiary/aromatic N) is 1. The summed E-state index contributed by atoms with van der Waals surface area (Å²) in [6.07, 6.45) is 1.74. The van der Waals surface area contributed by atoms with Crippen LogP contribution >= 0.6 is 39.3 Å². The molecule has 2 aromatic rings. The van der Waals surface area contributed by atoms with E-state index in [1.54, 1.807) is 18.0 Å². The number of rotatable bonds is 3. The molecular formula is C12H9BrClNS. The maximum Gasteiger partial charge on any atom is 0.129 e. The van der Waals surface area contributed by atoms with Gasteiger partial charge in [0.25, 0.3) is 0 Å². The van der Waals surface area contributed by atoms with Gasteiger partial charge in [0.15, 0.2) is 0 Å². The lowest BCUT2D eigenvalue weighted by Crippen LogP contribution is -1.82. The van der Waals surface area contributed by atoms with Crippen LogP contribution in [0.2, 0.25) is 5.15 Å². The van der Waals surface area contributed by atoms with Crippen molar-refractivity contribution in [3.05, 3.63) is 57.8 Å². The molecule has 0 fully saturated rings. The van der Waals surface area contributed by atoms with Crippen LogP contribution in [-0.4, -0.2) is 4.98 Å². The number of hydrogen-bond acceptors (Lipinski definition) is 2. The van der Waals surface area contributed by atoms with Crippen LogP contribution in [0.25, 0.3) is 0 Å². The summed E-state index contributed by atoms with van der Waals surface area (Å²) in [7, 11) is 0. The molecule has 0 aliphatic carbocycles. The molecule has 0 saturated heterocycles. The fourth-order valence-electron chi connectivity index (χ4n) is 1.23. The van der Waals surface area contributed by atoms with Crippen LogP contribution in [0.15, 0.2) is 52.0 Å². The van der Waals surface area contributed by atoms with Gasteiger partial charge in [-0.1, -0.05) is 27.5 Å². The summed E-state index contributed by atoms with van der Waals surface area (Å²) in [6.45, 7) is 0. The van der Waals surface area contributed by atoms with Gasteiger partial charge < -0.3 is 0 Å². The Balaban J connectivity index is 1.99. The van der Waals surface area contributed by atoms with Gasteiger partial charge in [-0.2, -0.15) is 0 Å². The highest BCUT2D eigenvalue weighted by Crippen LogP contribution is 2.24. The highest BCUT2D eigenvalue weighted by atomic mass is 79.9. The molecule has 0 atom stereocenters. The zero-order valence-corrected chi connectivity index (χ0v) is 11.5. The van der Waals surface area contributed by atoms with E-state index in [1.807, 2.05) is 24.3 Å². The lowest BCUT2D eigenvalue weighted by Gasteiger charge is -2.02. The molecule has 0 bridgehead atoms. The Labute approximate surface area is 112 Å². The minimum Gasteiger partial charge on any atom is -0.245 e. The average molecular weight is 315 g/mol. The molecule has 0 aliphatic rings. The van der Waals surface area contributed by atoms with Gasteiger partial charge in [0.2, 0.25) is 0 Å². The van der Waals surface area contributed by atoms with E-state index in [4.69, 9.17) is 11.6 Å². The van der Waals surface area contributed by atoms with Crippen LogP contribution in [0.1, 0.15) is 5.56 Å². The number of pyridine rings is 1. The van der Waals surface area contributed by atoms with Crippen molar-refractivity contribution in [1.29, 1.82) is 0 Å². The minimum absolute atomic E-state index is 0.550. The van der Waals surface area contributed by atoms with Crippen LogP contribution in [0.3, 0.4) is 0 Å². The summed E-state index contributed by atoms with van der Waals surface area (Å²) < 4.78 is 1.10. The van der Waals surface area contributed by atoms with E-state index in [9.17, 15) is 0 Å². The third kappa shape index (κ3) is 3.51. The fourth-order valence-corrected chi connectivity index (χ4v) is 2.53. The summed E-state index contributed by atoms with van der Waals surface area (Å²) in [5.41, 5.74) is 1.19. The SMILES string of the molecule is Clc1cc(CSc2ccc(Br)cc2)ccn1. The molecule has 0 spiro atoms. The first kappa shape index (κ1) is 12.0. The first-order valence-corrected chi connectivity index (χ1v) is 6.88. The lowest BCUT2D eigenvalue weighted by molar-refractivity contribution is 1.27. The van der Waals surface area contributed by atoms with E-state index >= 15 is 0 Å². The van der Waals surface area contributed by atoms with Crippen LogP contribution in [0, 0.1) is 0 Å². The second-order valence-corrected chi connectivity index (χ2v) is 5.58. The largest absolute Gasteiger partial charge is 0.245 e. The number of halogens is 2. The van der Waals surface area contributed by atoms with Crippen LogP contribution in [0.5, 0.6) is 0 Å². The zero-order valence-electron chi connectivity index (χ0n) is 8.36. The molecule has 82 valence electrons. The molecule has 0 saturated carbocycles. The average Bonchev–Trinajstić information content (AvgIpc) is 2.28. The molecule has 16 heavy (non-hydrogen) atoms. The Hall–Kier alpha value is -0.510. The van der Waals surface area contributed by atoms with Crippen LogP contribution in [-0.2, 0) is 5.75 Å². The van der Waals surface area contributed by atoms with Crippen molar-refractivity contribution in [3.8, 4) is 0 Å². The second-order valence-electron chi connectivity index (χ2n) is 3.23. The Morgan fingerprint density at radius 3 is 2.62 bits per heavy atom. The summed E-state index contributed by atoms with van der Waals surface area (Å²) in [4.78, 5) is 5.20. The molecule has 0 N–H and O–H groups in total. The number of thioether (sulfide) groups is 1. The molecule has 4 heteroatoms. The molecule has 2 rings (SSSR count). The quantitative estimate of drug-likeness (QED) is 0.597. The van der Waals surface area contributed by atoms with Crippen molar-refractivity contribution >= 4 is 39.3 Å². The topological polar surface area (TPSA) is 12.9 Å². The number of aromatic nitrogens is 1. The molecule has 0 aliphatic heterocycles. The van der Waals surface area contributed by atoms with Crippen molar-refractivity contribution in [2.24, 2.45) is 0 Å². The zero-order chi connectivity index (χ0) is 11.4. The fraction of sp³-hybridized carbons (Fsp3) is 0.0833. The van der Waals surface area contributed by atoms with Gasteiger partial charge in [-0.25, -0.2) is 4.98 Å². The van der Waals surface area contributed by atoms with E-state index < -0.39 is 0 Å².